The molecule has 1 fully saturated rings. The Kier molecular flexibility index (Phi) is 5.42. The van der Waals surface area contributed by atoms with Crippen LogP contribution in [0.25, 0.3) is 0 Å². The molecular formula is C14H20O5S. The second kappa shape index (κ2) is 6.89. The summed E-state index contributed by atoms with van der Waals surface area (Å²) in [6.45, 7) is 1.72. The average molecular weight is 300 g/mol. The first-order valence-electron chi connectivity index (χ1n) is 6.45. The molecule has 0 saturated carbocycles. The van der Waals surface area contributed by atoms with Gasteiger partial charge in [-0.2, -0.15) is 0 Å². The number of aliphatic hydroxyl groups excluding tert-OH is 3. The third-order valence-corrected chi connectivity index (χ3v) is 4.53. The first kappa shape index (κ1) is 15.8. The lowest BCUT2D eigenvalue weighted by Crippen LogP contribution is -2.58. The van der Waals surface area contributed by atoms with Crippen LogP contribution in [0.3, 0.4) is 0 Å². The number of ether oxygens (including phenoxy) is 2. The number of hydrogen-bond donors (Lipinski definition) is 3. The first-order valence-corrected chi connectivity index (χ1v) is 7.33. The van der Waals surface area contributed by atoms with Gasteiger partial charge in [0.1, 0.15) is 29.9 Å². The van der Waals surface area contributed by atoms with Gasteiger partial charge in [-0.25, -0.2) is 0 Å². The van der Waals surface area contributed by atoms with E-state index in [2.05, 4.69) is 0 Å². The van der Waals surface area contributed by atoms with Crippen molar-refractivity contribution in [1.82, 2.24) is 0 Å². The summed E-state index contributed by atoms with van der Waals surface area (Å²) in [5, 5.41) is 29.5. The number of aryl methyl sites for hydroxylation is 1. The molecular weight excluding hydrogens is 280 g/mol. The van der Waals surface area contributed by atoms with E-state index in [9.17, 15) is 15.3 Å². The van der Waals surface area contributed by atoms with Gasteiger partial charge in [-0.3, -0.25) is 0 Å². The van der Waals surface area contributed by atoms with Crippen molar-refractivity contribution in [2.24, 2.45) is 0 Å². The fourth-order valence-corrected chi connectivity index (χ4v) is 3.25. The number of thioether (sulfide) groups is 1. The highest BCUT2D eigenvalue weighted by molar-refractivity contribution is 7.99. The molecule has 0 bridgehead atoms. The Morgan fingerprint density at radius 1 is 1.20 bits per heavy atom. The predicted molar refractivity (Wildman–Crippen MR) is 75.6 cm³/mol. The molecule has 0 spiro atoms. The zero-order valence-corrected chi connectivity index (χ0v) is 12.3. The van der Waals surface area contributed by atoms with Gasteiger partial charge in [0.25, 0.3) is 0 Å². The monoisotopic (exact) mass is 300 g/mol. The number of benzene rings is 1. The van der Waals surface area contributed by atoms with Gasteiger partial charge < -0.3 is 24.8 Å². The highest BCUT2D eigenvalue weighted by Gasteiger charge is 2.44. The van der Waals surface area contributed by atoms with Gasteiger partial charge in [-0.15, -0.1) is 0 Å². The Morgan fingerprint density at radius 2 is 1.85 bits per heavy atom. The maximum absolute atomic E-state index is 10.1. The molecule has 112 valence electrons. The number of hydrogen-bond acceptors (Lipinski definition) is 6. The molecule has 6 heteroatoms. The Bertz CT molecular complexity index is 422. The van der Waals surface area contributed by atoms with Gasteiger partial charge in [0, 0.05) is 12.0 Å². The highest BCUT2D eigenvalue weighted by Crippen LogP contribution is 2.34. The second-order valence-electron chi connectivity index (χ2n) is 4.84. The average Bonchev–Trinajstić information content (AvgIpc) is 2.46. The van der Waals surface area contributed by atoms with Crippen molar-refractivity contribution >= 4 is 11.8 Å². The molecule has 1 aliphatic rings. The highest BCUT2D eigenvalue weighted by atomic mass is 32.2. The Hall–Kier alpha value is -0.630. The Morgan fingerprint density at radius 3 is 2.40 bits per heavy atom. The van der Waals surface area contributed by atoms with E-state index in [1.807, 2.05) is 31.2 Å². The molecule has 2 rings (SSSR count). The van der Waals surface area contributed by atoms with Crippen LogP contribution in [0, 0.1) is 6.92 Å². The Labute approximate surface area is 122 Å². The summed E-state index contributed by atoms with van der Waals surface area (Å²) < 4.78 is 10.7. The third-order valence-electron chi connectivity index (χ3n) is 3.37. The summed E-state index contributed by atoms with van der Waals surface area (Å²) in [6.07, 6.45) is -3.55. The SMILES string of the molecule is CO[C@@H]1C(CO)OC(Sc2ccc(C)cc2)[C@@H](O)[C@H]1O. The summed E-state index contributed by atoms with van der Waals surface area (Å²) in [6, 6.07) is 7.79. The largest absolute Gasteiger partial charge is 0.394 e. The van der Waals surface area contributed by atoms with Crippen LogP contribution in [0.1, 0.15) is 5.56 Å². The summed E-state index contributed by atoms with van der Waals surface area (Å²) in [5.41, 5.74) is 0.503. The molecule has 0 radical (unpaired) electrons. The van der Waals surface area contributed by atoms with Crippen LogP contribution in [0.5, 0.6) is 0 Å². The first-order chi connectivity index (χ1) is 9.56. The third kappa shape index (κ3) is 3.33. The van der Waals surface area contributed by atoms with Crippen molar-refractivity contribution in [2.45, 2.75) is 41.7 Å². The van der Waals surface area contributed by atoms with Crippen molar-refractivity contribution in [3.05, 3.63) is 29.8 Å². The van der Waals surface area contributed by atoms with E-state index in [1.165, 1.54) is 18.9 Å². The fraction of sp³-hybridized carbons (Fsp3) is 0.571. The molecule has 20 heavy (non-hydrogen) atoms. The van der Waals surface area contributed by atoms with Crippen molar-refractivity contribution in [3.8, 4) is 0 Å². The van der Waals surface area contributed by atoms with Crippen LogP contribution in [-0.2, 0) is 9.47 Å². The Balaban J connectivity index is 2.09. The summed E-state index contributed by atoms with van der Waals surface area (Å²) in [5.74, 6) is 0. The van der Waals surface area contributed by atoms with Crippen LogP contribution in [0.4, 0.5) is 0 Å². The predicted octanol–water partition coefficient (Wildman–Crippen LogP) is 0.541. The quantitative estimate of drug-likeness (QED) is 0.753. The summed E-state index contributed by atoms with van der Waals surface area (Å²) in [4.78, 5) is 0.930. The topological polar surface area (TPSA) is 79.2 Å². The van der Waals surface area contributed by atoms with Crippen LogP contribution >= 0.6 is 11.8 Å². The van der Waals surface area contributed by atoms with Crippen LogP contribution in [0.15, 0.2) is 29.2 Å². The molecule has 3 N–H and O–H groups in total. The summed E-state index contributed by atoms with van der Waals surface area (Å²) in [7, 11) is 1.42. The molecule has 1 saturated heterocycles. The lowest BCUT2D eigenvalue weighted by Gasteiger charge is -2.41. The van der Waals surface area contributed by atoms with Crippen molar-refractivity contribution in [2.75, 3.05) is 13.7 Å². The zero-order chi connectivity index (χ0) is 14.7. The molecule has 0 aromatic heterocycles. The molecule has 5 atom stereocenters. The van der Waals surface area contributed by atoms with E-state index < -0.39 is 29.9 Å². The molecule has 0 amide bonds. The lowest BCUT2D eigenvalue weighted by atomic mass is 10.0. The van der Waals surface area contributed by atoms with Crippen molar-refractivity contribution < 1.29 is 24.8 Å². The molecule has 1 aromatic rings. The van der Waals surface area contributed by atoms with E-state index >= 15 is 0 Å². The molecule has 5 nitrogen and oxygen atoms in total. The lowest BCUT2D eigenvalue weighted by molar-refractivity contribution is -0.213. The van der Waals surface area contributed by atoms with E-state index in [4.69, 9.17) is 9.47 Å². The number of rotatable bonds is 4. The van der Waals surface area contributed by atoms with Crippen molar-refractivity contribution in [3.63, 3.8) is 0 Å². The minimum Gasteiger partial charge on any atom is -0.394 e. The zero-order valence-electron chi connectivity index (χ0n) is 11.5. The minimum absolute atomic E-state index is 0.271. The van der Waals surface area contributed by atoms with Gasteiger partial charge in [0.2, 0.25) is 0 Å². The van der Waals surface area contributed by atoms with E-state index in [1.54, 1.807) is 0 Å². The van der Waals surface area contributed by atoms with Crippen LogP contribution in [-0.4, -0.2) is 58.9 Å². The van der Waals surface area contributed by atoms with Gasteiger partial charge in [-0.1, -0.05) is 29.5 Å². The van der Waals surface area contributed by atoms with E-state index in [0.717, 1.165) is 10.5 Å². The van der Waals surface area contributed by atoms with Gasteiger partial charge in [0.05, 0.1) is 6.61 Å². The molecule has 1 heterocycles. The second-order valence-corrected chi connectivity index (χ2v) is 6.01. The fourth-order valence-electron chi connectivity index (χ4n) is 2.19. The smallest absolute Gasteiger partial charge is 0.136 e. The van der Waals surface area contributed by atoms with Crippen LogP contribution < -0.4 is 0 Å². The normalized spacial score (nSPS) is 34.1. The maximum atomic E-state index is 10.1. The molecule has 0 aliphatic carbocycles. The van der Waals surface area contributed by atoms with Crippen LogP contribution in [0.2, 0.25) is 0 Å². The number of aliphatic hydroxyl groups is 3. The van der Waals surface area contributed by atoms with Crippen molar-refractivity contribution in [1.29, 1.82) is 0 Å². The van der Waals surface area contributed by atoms with Gasteiger partial charge >= 0.3 is 0 Å². The molecule has 1 aromatic carbocycles. The van der Waals surface area contributed by atoms with Gasteiger partial charge in [-0.05, 0) is 19.1 Å². The standard InChI is InChI=1S/C14H20O5S/c1-8-3-5-9(6-4-8)20-14-12(17)11(16)13(18-2)10(7-15)19-14/h3-6,10-17H,7H2,1-2H3/t10?,11-,12+,13-,14?/m1/s1. The minimum atomic E-state index is -1.09. The summed E-state index contributed by atoms with van der Waals surface area (Å²) >= 11 is 1.32. The molecule has 1 aliphatic heterocycles. The van der Waals surface area contributed by atoms with E-state index in [-0.39, 0.29) is 6.61 Å². The maximum Gasteiger partial charge on any atom is 0.136 e. The van der Waals surface area contributed by atoms with E-state index in [0.29, 0.717) is 0 Å². The van der Waals surface area contributed by atoms with Gasteiger partial charge in [0.15, 0.2) is 0 Å². The molecule has 2 unspecified atom stereocenters. The number of methoxy groups -OCH3 is 1.